The van der Waals surface area contributed by atoms with Crippen LogP contribution < -0.4 is 16.6 Å². The largest absolute Gasteiger partial charge is 0.368 e. The molecule has 7 heteroatoms. The maximum Gasteiger partial charge on any atom is 0.224 e. The van der Waals surface area contributed by atoms with Crippen molar-refractivity contribution >= 4 is 42.2 Å². The second-order valence-electron chi connectivity index (χ2n) is 5.82. The van der Waals surface area contributed by atoms with Crippen molar-refractivity contribution in [2.75, 3.05) is 16.6 Å². The van der Waals surface area contributed by atoms with Gasteiger partial charge in [-0.15, -0.1) is 0 Å². The van der Waals surface area contributed by atoms with Crippen LogP contribution in [0.3, 0.4) is 0 Å². The van der Waals surface area contributed by atoms with E-state index in [1.54, 1.807) is 18.5 Å². The number of benzene rings is 2. The van der Waals surface area contributed by atoms with Gasteiger partial charge in [-0.05, 0) is 23.3 Å². The molecular formula is C22H21N7. The highest BCUT2D eigenvalue weighted by atomic mass is 15.3. The molecule has 1 aromatic heterocycles. The zero-order valence-corrected chi connectivity index (χ0v) is 15.7. The summed E-state index contributed by atoms with van der Waals surface area (Å²) >= 11 is 0. The van der Waals surface area contributed by atoms with Gasteiger partial charge in [-0.25, -0.2) is 0 Å². The topological polar surface area (TPSA) is 101 Å². The summed E-state index contributed by atoms with van der Waals surface area (Å²) < 4.78 is 0. The fraction of sp³-hybridized carbons (Fsp3) is 0. The van der Waals surface area contributed by atoms with Crippen LogP contribution in [0.25, 0.3) is 12.2 Å². The Labute approximate surface area is 169 Å². The van der Waals surface area contributed by atoms with Crippen molar-refractivity contribution in [3.63, 3.8) is 0 Å². The minimum atomic E-state index is 0.113. The van der Waals surface area contributed by atoms with Gasteiger partial charge in [0.05, 0.1) is 0 Å². The Hall–Kier alpha value is -4.26. The third kappa shape index (κ3) is 7.10. The Balaban J connectivity index is 1.52. The SMILES string of the molecule is Nc1nc(N/N=C/C=C/c2ccccc2)cc(N/N=C/C=C/c2ccccc2)n1. The predicted octanol–water partition coefficient (Wildman–Crippen LogP) is 4.28. The van der Waals surface area contributed by atoms with Crippen molar-refractivity contribution in [2.24, 2.45) is 10.2 Å². The van der Waals surface area contributed by atoms with Gasteiger partial charge in [0.1, 0.15) is 0 Å². The summed E-state index contributed by atoms with van der Waals surface area (Å²) in [6.07, 6.45) is 10.8. The predicted molar refractivity (Wildman–Crippen MR) is 122 cm³/mol. The molecule has 1 heterocycles. The average Bonchev–Trinajstić information content (AvgIpc) is 2.74. The molecule has 0 amide bonds. The lowest BCUT2D eigenvalue weighted by atomic mass is 10.2. The lowest BCUT2D eigenvalue weighted by Gasteiger charge is -2.03. The molecule has 0 unspecified atom stereocenters. The number of nitrogen functional groups attached to an aromatic ring is 1. The zero-order valence-electron chi connectivity index (χ0n) is 15.7. The average molecular weight is 383 g/mol. The summed E-state index contributed by atoms with van der Waals surface area (Å²) in [6, 6.07) is 21.6. The molecule has 0 atom stereocenters. The molecule has 0 saturated carbocycles. The number of rotatable bonds is 8. The summed E-state index contributed by atoms with van der Waals surface area (Å²) in [5.41, 5.74) is 13.6. The lowest BCUT2D eigenvalue weighted by Crippen LogP contribution is -2.02. The molecule has 0 aliphatic heterocycles. The van der Waals surface area contributed by atoms with Crippen LogP contribution in [0.4, 0.5) is 17.6 Å². The highest BCUT2D eigenvalue weighted by Crippen LogP contribution is 2.12. The van der Waals surface area contributed by atoms with Gasteiger partial charge in [-0.3, -0.25) is 10.9 Å². The quantitative estimate of drug-likeness (QED) is 0.398. The van der Waals surface area contributed by atoms with E-state index in [0.717, 1.165) is 11.1 Å². The molecule has 3 rings (SSSR count). The molecule has 0 fully saturated rings. The van der Waals surface area contributed by atoms with Crippen LogP contribution in [-0.4, -0.2) is 22.4 Å². The van der Waals surface area contributed by atoms with E-state index in [4.69, 9.17) is 5.73 Å². The molecule has 2 aromatic carbocycles. The molecule has 29 heavy (non-hydrogen) atoms. The van der Waals surface area contributed by atoms with Crippen molar-refractivity contribution in [3.8, 4) is 0 Å². The normalized spacial score (nSPS) is 11.7. The Morgan fingerprint density at radius 3 is 1.59 bits per heavy atom. The first-order chi connectivity index (χ1) is 14.3. The van der Waals surface area contributed by atoms with Gasteiger partial charge in [0.25, 0.3) is 0 Å². The summed E-state index contributed by atoms with van der Waals surface area (Å²) in [6.45, 7) is 0. The molecule has 0 aliphatic rings. The van der Waals surface area contributed by atoms with Crippen LogP contribution >= 0.6 is 0 Å². The summed E-state index contributed by atoms with van der Waals surface area (Å²) in [5, 5.41) is 8.19. The number of nitrogens with one attached hydrogen (secondary N) is 2. The van der Waals surface area contributed by atoms with Crippen LogP contribution in [-0.2, 0) is 0 Å². The van der Waals surface area contributed by atoms with E-state index in [1.807, 2.05) is 85.0 Å². The fourth-order valence-corrected chi connectivity index (χ4v) is 2.31. The highest BCUT2D eigenvalue weighted by molar-refractivity contribution is 5.79. The Kier molecular flexibility index (Phi) is 7.25. The summed E-state index contributed by atoms with van der Waals surface area (Å²) in [5.74, 6) is 1.03. The van der Waals surface area contributed by atoms with Crippen molar-refractivity contribution in [1.29, 1.82) is 0 Å². The molecule has 0 spiro atoms. The van der Waals surface area contributed by atoms with Crippen LogP contribution in [0.2, 0.25) is 0 Å². The number of nitrogens with zero attached hydrogens (tertiary/aromatic N) is 4. The number of hydrazone groups is 2. The van der Waals surface area contributed by atoms with Gasteiger partial charge in [0.15, 0.2) is 11.6 Å². The van der Waals surface area contributed by atoms with Gasteiger partial charge in [0, 0.05) is 18.5 Å². The molecule has 144 valence electrons. The summed E-state index contributed by atoms with van der Waals surface area (Å²) in [4.78, 5) is 8.17. The van der Waals surface area contributed by atoms with Gasteiger partial charge < -0.3 is 5.73 Å². The second-order valence-corrected chi connectivity index (χ2v) is 5.82. The van der Waals surface area contributed by atoms with E-state index in [1.165, 1.54) is 0 Å². The first kappa shape index (κ1) is 19.5. The summed E-state index contributed by atoms with van der Waals surface area (Å²) in [7, 11) is 0. The van der Waals surface area contributed by atoms with Gasteiger partial charge in [0.2, 0.25) is 5.95 Å². The molecule has 0 radical (unpaired) electrons. The molecule has 0 saturated heterocycles. The first-order valence-corrected chi connectivity index (χ1v) is 8.96. The molecule has 3 aromatic rings. The number of anilines is 3. The minimum Gasteiger partial charge on any atom is -0.368 e. The third-order valence-corrected chi connectivity index (χ3v) is 3.60. The van der Waals surface area contributed by atoms with E-state index < -0.39 is 0 Å². The Morgan fingerprint density at radius 2 is 1.14 bits per heavy atom. The van der Waals surface area contributed by atoms with Gasteiger partial charge >= 0.3 is 0 Å². The van der Waals surface area contributed by atoms with E-state index in [2.05, 4.69) is 31.0 Å². The third-order valence-electron chi connectivity index (χ3n) is 3.60. The molecule has 0 aliphatic carbocycles. The van der Waals surface area contributed by atoms with E-state index >= 15 is 0 Å². The number of nitrogens with two attached hydrogens (primary N) is 1. The van der Waals surface area contributed by atoms with Crippen LogP contribution in [0.5, 0.6) is 0 Å². The standard InChI is InChI=1S/C22H21N7/c23-22-26-20(28-24-15-7-13-18-9-3-1-4-10-18)17-21(27-22)29-25-16-8-14-19-11-5-2-6-12-19/h1-17H,(H4,23,26,27,28,29)/b13-7+,14-8+,24-15+,25-16+. The number of allylic oxidation sites excluding steroid dienone is 2. The Morgan fingerprint density at radius 1 is 0.690 bits per heavy atom. The second kappa shape index (κ2) is 10.8. The van der Waals surface area contributed by atoms with E-state index in [-0.39, 0.29) is 5.95 Å². The fourth-order valence-electron chi connectivity index (χ4n) is 2.31. The lowest BCUT2D eigenvalue weighted by molar-refractivity contribution is 1.13. The number of hydrogen-bond donors (Lipinski definition) is 3. The minimum absolute atomic E-state index is 0.113. The molecule has 4 N–H and O–H groups in total. The Bertz CT molecular complexity index is 930. The van der Waals surface area contributed by atoms with Crippen LogP contribution in [0.15, 0.2) is 89.1 Å². The van der Waals surface area contributed by atoms with Crippen molar-refractivity contribution in [2.45, 2.75) is 0 Å². The zero-order chi connectivity index (χ0) is 20.2. The first-order valence-electron chi connectivity index (χ1n) is 8.96. The highest BCUT2D eigenvalue weighted by Gasteiger charge is 2.00. The van der Waals surface area contributed by atoms with Crippen molar-refractivity contribution in [3.05, 3.63) is 90.0 Å². The smallest absolute Gasteiger partial charge is 0.224 e. The van der Waals surface area contributed by atoms with E-state index in [9.17, 15) is 0 Å². The number of aromatic nitrogens is 2. The number of hydrogen-bond acceptors (Lipinski definition) is 7. The maximum absolute atomic E-state index is 5.74. The maximum atomic E-state index is 5.74. The molecule has 0 bridgehead atoms. The van der Waals surface area contributed by atoms with Gasteiger partial charge in [-0.2, -0.15) is 20.2 Å². The van der Waals surface area contributed by atoms with Crippen molar-refractivity contribution in [1.82, 2.24) is 9.97 Å². The van der Waals surface area contributed by atoms with Crippen LogP contribution in [0, 0.1) is 0 Å². The van der Waals surface area contributed by atoms with Gasteiger partial charge in [-0.1, -0.05) is 72.8 Å². The van der Waals surface area contributed by atoms with E-state index in [0.29, 0.717) is 11.6 Å². The monoisotopic (exact) mass is 383 g/mol. The molecular weight excluding hydrogens is 362 g/mol. The van der Waals surface area contributed by atoms with Crippen LogP contribution in [0.1, 0.15) is 11.1 Å². The van der Waals surface area contributed by atoms with Crippen molar-refractivity contribution < 1.29 is 0 Å². The molecule has 7 nitrogen and oxygen atoms in total.